The van der Waals surface area contributed by atoms with Crippen LogP contribution in [0.1, 0.15) is 41.9 Å². The van der Waals surface area contributed by atoms with E-state index >= 15 is 0 Å². The molecule has 0 bridgehead atoms. The Balaban J connectivity index is 2.24. The van der Waals surface area contributed by atoms with Crippen LogP contribution in [-0.4, -0.2) is 24.8 Å². The van der Waals surface area contributed by atoms with Crippen LogP contribution in [-0.2, 0) is 0 Å². The summed E-state index contributed by atoms with van der Waals surface area (Å²) in [6, 6.07) is 6.71. The normalized spacial score (nSPS) is 18.8. The topological polar surface area (TPSA) is 32.3 Å². The van der Waals surface area contributed by atoms with E-state index in [0.29, 0.717) is 12.5 Å². The molecule has 18 heavy (non-hydrogen) atoms. The summed E-state index contributed by atoms with van der Waals surface area (Å²) in [4.78, 5) is 0. The Morgan fingerprint density at radius 3 is 2.67 bits per heavy atom. The van der Waals surface area contributed by atoms with Crippen LogP contribution in [0.3, 0.4) is 0 Å². The van der Waals surface area contributed by atoms with Gasteiger partial charge in [0.15, 0.2) is 0 Å². The van der Waals surface area contributed by atoms with Crippen LogP contribution in [0.4, 0.5) is 0 Å². The number of hydrogen-bond acceptors (Lipinski definition) is 2. The highest BCUT2D eigenvalue weighted by atomic mass is 16.3. The van der Waals surface area contributed by atoms with Gasteiger partial charge in [0.05, 0.1) is 0 Å². The lowest BCUT2D eigenvalue weighted by Crippen LogP contribution is -2.31. The van der Waals surface area contributed by atoms with Crippen LogP contribution < -0.4 is 5.32 Å². The number of aliphatic hydroxyl groups excluding tert-OH is 1. The van der Waals surface area contributed by atoms with Gasteiger partial charge < -0.3 is 10.4 Å². The third-order valence-corrected chi connectivity index (χ3v) is 4.23. The Kier molecular flexibility index (Phi) is 4.79. The van der Waals surface area contributed by atoms with Crippen molar-refractivity contribution in [2.45, 2.75) is 39.0 Å². The maximum Gasteiger partial charge on any atom is 0.0436 e. The second kappa shape index (κ2) is 6.35. The van der Waals surface area contributed by atoms with Crippen molar-refractivity contribution in [3.05, 3.63) is 34.9 Å². The average molecular weight is 247 g/mol. The van der Waals surface area contributed by atoms with Crippen LogP contribution in [0, 0.1) is 19.8 Å². The zero-order chi connectivity index (χ0) is 13.0. The first-order valence-electron chi connectivity index (χ1n) is 7.11. The molecule has 1 heterocycles. The molecule has 100 valence electrons. The summed E-state index contributed by atoms with van der Waals surface area (Å²) in [5.74, 6) is 1.25. The summed E-state index contributed by atoms with van der Waals surface area (Å²) in [6.45, 7) is 6.89. The minimum absolute atomic E-state index is 0.294. The van der Waals surface area contributed by atoms with Crippen molar-refractivity contribution in [1.29, 1.82) is 0 Å². The summed E-state index contributed by atoms with van der Waals surface area (Å²) in [5.41, 5.74) is 4.15. The number of benzene rings is 1. The van der Waals surface area contributed by atoms with Crippen molar-refractivity contribution < 1.29 is 5.11 Å². The summed E-state index contributed by atoms with van der Waals surface area (Å²) in [5, 5.41) is 12.8. The first-order valence-corrected chi connectivity index (χ1v) is 7.11. The maximum atomic E-state index is 9.37. The predicted molar refractivity (Wildman–Crippen MR) is 76.0 cm³/mol. The van der Waals surface area contributed by atoms with Gasteiger partial charge in [-0.3, -0.25) is 0 Å². The van der Waals surface area contributed by atoms with Crippen molar-refractivity contribution in [2.24, 2.45) is 5.92 Å². The van der Waals surface area contributed by atoms with Gasteiger partial charge in [-0.05, 0) is 69.2 Å². The van der Waals surface area contributed by atoms with Gasteiger partial charge in [0, 0.05) is 6.61 Å². The Labute approximate surface area is 110 Å². The van der Waals surface area contributed by atoms with E-state index in [4.69, 9.17) is 0 Å². The number of aliphatic hydroxyl groups is 1. The molecule has 0 saturated carbocycles. The minimum Gasteiger partial charge on any atom is -0.396 e. The van der Waals surface area contributed by atoms with Crippen LogP contribution >= 0.6 is 0 Å². The van der Waals surface area contributed by atoms with E-state index in [0.717, 1.165) is 25.4 Å². The molecule has 2 N–H and O–H groups in total. The van der Waals surface area contributed by atoms with E-state index in [1.165, 1.54) is 29.5 Å². The first kappa shape index (κ1) is 13.6. The van der Waals surface area contributed by atoms with Gasteiger partial charge in [0.25, 0.3) is 0 Å². The van der Waals surface area contributed by atoms with Gasteiger partial charge in [0.1, 0.15) is 0 Å². The summed E-state index contributed by atoms with van der Waals surface area (Å²) >= 11 is 0. The lowest BCUT2D eigenvalue weighted by molar-refractivity contribution is 0.233. The molecular weight excluding hydrogens is 222 g/mol. The summed E-state index contributed by atoms with van der Waals surface area (Å²) in [7, 11) is 0. The first-order chi connectivity index (χ1) is 8.72. The molecule has 1 aliphatic heterocycles. The van der Waals surface area contributed by atoms with E-state index < -0.39 is 0 Å². The molecule has 0 spiro atoms. The molecule has 1 aromatic carbocycles. The van der Waals surface area contributed by atoms with Crippen LogP contribution in [0.15, 0.2) is 18.2 Å². The zero-order valence-corrected chi connectivity index (χ0v) is 11.6. The van der Waals surface area contributed by atoms with Crippen molar-refractivity contribution in [3.8, 4) is 0 Å². The van der Waals surface area contributed by atoms with E-state index in [1.807, 2.05) is 0 Å². The van der Waals surface area contributed by atoms with Gasteiger partial charge in [-0.25, -0.2) is 0 Å². The Hall–Kier alpha value is -0.860. The molecule has 0 aromatic heterocycles. The van der Waals surface area contributed by atoms with Crippen molar-refractivity contribution >= 4 is 0 Å². The van der Waals surface area contributed by atoms with Gasteiger partial charge in [-0.15, -0.1) is 0 Å². The number of rotatable bonds is 4. The largest absolute Gasteiger partial charge is 0.396 e. The van der Waals surface area contributed by atoms with Crippen molar-refractivity contribution in [1.82, 2.24) is 5.32 Å². The fourth-order valence-electron chi connectivity index (χ4n) is 3.19. The molecule has 1 saturated heterocycles. The second-order valence-corrected chi connectivity index (χ2v) is 5.57. The SMILES string of the molecule is Cc1ccc(C)c(C(CCO)C2CCNCC2)c1. The highest BCUT2D eigenvalue weighted by Crippen LogP contribution is 2.35. The Morgan fingerprint density at radius 1 is 1.28 bits per heavy atom. The number of aryl methyl sites for hydroxylation is 2. The average Bonchev–Trinajstić information content (AvgIpc) is 2.40. The van der Waals surface area contributed by atoms with Crippen molar-refractivity contribution in [3.63, 3.8) is 0 Å². The van der Waals surface area contributed by atoms with E-state index in [1.54, 1.807) is 0 Å². The summed E-state index contributed by atoms with van der Waals surface area (Å²) < 4.78 is 0. The highest BCUT2D eigenvalue weighted by Gasteiger charge is 2.25. The zero-order valence-electron chi connectivity index (χ0n) is 11.6. The fraction of sp³-hybridized carbons (Fsp3) is 0.625. The minimum atomic E-state index is 0.294. The van der Waals surface area contributed by atoms with Gasteiger partial charge in [-0.1, -0.05) is 23.8 Å². The van der Waals surface area contributed by atoms with E-state index in [-0.39, 0.29) is 0 Å². The van der Waals surface area contributed by atoms with E-state index in [9.17, 15) is 5.11 Å². The Bertz CT molecular complexity index is 383. The van der Waals surface area contributed by atoms with Gasteiger partial charge in [0.2, 0.25) is 0 Å². The molecule has 0 radical (unpaired) electrons. The monoisotopic (exact) mass is 247 g/mol. The number of piperidine rings is 1. The predicted octanol–water partition coefficient (Wildman–Crippen LogP) is 2.77. The smallest absolute Gasteiger partial charge is 0.0436 e. The molecule has 0 amide bonds. The summed E-state index contributed by atoms with van der Waals surface area (Å²) in [6.07, 6.45) is 3.37. The van der Waals surface area contributed by atoms with Crippen molar-refractivity contribution in [2.75, 3.05) is 19.7 Å². The number of nitrogens with one attached hydrogen (secondary N) is 1. The third kappa shape index (κ3) is 3.12. The molecule has 1 aromatic rings. The molecule has 1 unspecified atom stereocenters. The molecule has 1 atom stereocenters. The quantitative estimate of drug-likeness (QED) is 0.857. The highest BCUT2D eigenvalue weighted by molar-refractivity contribution is 5.34. The Morgan fingerprint density at radius 2 is 2.00 bits per heavy atom. The standard InChI is InChI=1S/C16H25NO/c1-12-3-4-13(2)16(11-12)15(7-10-18)14-5-8-17-9-6-14/h3-4,11,14-15,17-18H,5-10H2,1-2H3. The number of hydrogen-bond donors (Lipinski definition) is 2. The van der Waals surface area contributed by atoms with Crippen LogP contribution in [0.2, 0.25) is 0 Å². The fourth-order valence-corrected chi connectivity index (χ4v) is 3.19. The van der Waals surface area contributed by atoms with Crippen LogP contribution in [0.25, 0.3) is 0 Å². The third-order valence-electron chi connectivity index (χ3n) is 4.23. The molecule has 1 fully saturated rings. The van der Waals surface area contributed by atoms with Crippen LogP contribution in [0.5, 0.6) is 0 Å². The second-order valence-electron chi connectivity index (χ2n) is 5.57. The molecule has 0 aliphatic carbocycles. The van der Waals surface area contributed by atoms with Gasteiger partial charge in [-0.2, -0.15) is 0 Å². The van der Waals surface area contributed by atoms with E-state index in [2.05, 4.69) is 37.4 Å². The molecule has 2 heteroatoms. The lowest BCUT2D eigenvalue weighted by Gasteiger charge is -2.32. The molecule has 2 rings (SSSR count). The molecule has 2 nitrogen and oxygen atoms in total. The lowest BCUT2D eigenvalue weighted by atomic mass is 9.77. The molecule has 1 aliphatic rings. The van der Waals surface area contributed by atoms with Gasteiger partial charge >= 0.3 is 0 Å². The maximum absolute atomic E-state index is 9.37. The molecular formula is C16H25NO.